The van der Waals surface area contributed by atoms with Crippen molar-refractivity contribution in [2.24, 2.45) is 0 Å². The Balaban J connectivity index is 2.18. The fraction of sp³-hybridized carbons (Fsp3) is 0.571. The Morgan fingerprint density at radius 1 is 1.16 bits per heavy atom. The maximum Gasteiger partial charge on any atom is 0.159 e. The minimum absolute atomic E-state index is 0.754. The number of pyridine rings is 1. The predicted molar refractivity (Wildman–Crippen MR) is 74.2 cm³/mol. The predicted octanol–water partition coefficient (Wildman–Crippen LogP) is 2.05. The van der Waals surface area contributed by atoms with Gasteiger partial charge < -0.3 is 14.0 Å². The van der Waals surface area contributed by atoms with Gasteiger partial charge in [0.15, 0.2) is 5.65 Å². The van der Waals surface area contributed by atoms with Crippen molar-refractivity contribution in [1.82, 2.24) is 14.5 Å². The summed E-state index contributed by atoms with van der Waals surface area (Å²) in [5, 5.41) is 0. The Morgan fingerprint density at radius 2 is 1.95 bits per heavy atom. The van der Waals surface area contributed by atoms with E-state index in [1.165, 1.54) is 0 Å². The molecule has 2 rings (SSSR count). The SMILES string of the molecule is COCCCc1nc2cccnc2n1CCCOC. The van der Waals surface area contributed by atoms with Crippen LogP contribution in [0.3, 0.4) is 0 Å². The molecule has 0 aliphatic heterocycles. The van der Waals surface area contributed by atoms with Crippen LogP contribution in [0.5, 0.6) is 0 Å². The van der Waals surface area contributed by atoms with Crippen LogP contribution in [-0.2, 0) is 22.4 Å². The highest BCUT2D eigenvalue weighted by Gasteiger charge is 2.10. The third-order valence-electron chi connectivity index (χ3n) is 3.06. The Labute approximate surface area is 113 Å². The van der Waals surface area contributed by atoms with Gasteiger partial charge in [0.25, 0.3) is 0 Å². The fourth-order valence-electron chi connectivity index (χ4n) is 2.17. The van der Waals surface area contributed by atoms with Crippen LogP contribution in [0.25, 0.3) is 11.2 Å². The van der Waals surface area contributed by atoms with Crippen LogP contribution in [0.1, 0.15) is 18.7 Å². The summed E-state index contributed by atoms with van der Waals surface area (Å²) in [6.45, 7) is 2.41. The zero-order chi connectivity index (χ0) is 13.5. The van der Waals surface area contributed by atoms with Crippen molar-refractivity contribution in [2.75, 3.05) is 27.4 Å². The average molecular weight is 263 g/mol. The first kappa shape index (κ1) is 14.0. The second-order valence-corrected chi connectivity index (χ2v) is 4.47. The van der Waals surface area contributed by atoms with Crippen molar-refractivity contribution < 1.29 is 9.47 Å². The number of rotatable bonds is 8. The van der Waals surface area contributed by atoms with Crippen molar-refractivity contribution in [3.8, 4) is 0 Å². The number of methoxy groups -OCH3 is 2. The van der Waals surface area contributed by atoms with Crippen molar-refractivity contribution in [3.63, 3.8) is 0 Å². The molecule has 5 heteroatoms. The highest BCUT2D eigenvalue weighted by atomic mass is 16.5. The molecule has 0 amide bonds. The lowest BCUT2D eigenvalue weighted by molar-refractivity contribution is 0.189. The van der Waals surface area contributed by atoms with Crippen molar-refractivity contribution in [1.29, 1.82) is 0 Å². The molecule has 104 valence electrons. The van der Waals surface area contributed by atoms with Crippen LogP contribution >= 0.6 is 0 Å². The molecule has 0 spiro atoms. The van der Waals surface area contributed by atoms with E-state index in [9.17, 15) is 0 Å². The molecule has 2 heterocycles. The van der Waals surface area contributed by atoms with Gasteiger partial charge in [-0.1, -0.05) is 0 Å². The summed E-state index contributed by atoms with van der Waals surface area (Å²) in [7, 11) is 3.45. The lowest BCUT2D eigenvalue weighted by atomic mass is 10.3. The molecule has 0 fully saturated rings. The summed E-state index contributed by atoms with van der Waals surface area (Å²) in [6, 6.07) is 3.93. The van der Waals surface area contributed by atoms with Gasteiger partial charge in [-0.3, -0.25) is 0 Å². The van der Waals surface area contributed by atoms with E-state index in [0.29, 0.717) is 0 Å². The van der Waals surface area contributed by atoms with E-state index in [0.717, 1.165) is 56.0 Å². The molecule has 0 aliphatic rings. The normalized spacial score (nSPS) is 11.3. The summed E-state index contributed by atoms with van der Waals surface area (Å²) < 4.78 is 12.4. The Hall–Kier alpha value is -1.46. The molecule has 0 saturated carbocycles. The van der Waals surface area contributed by atoms with Gasteiger partial charge in [0.2, 0.25) is 0 Å². The summed E-state index contributed by atoms with van der Waals surface area (Å²) in [5.74, 6) is 1.09. The first-order valence-electron chi connectivity index (χ1n) is 6.65. The molecule has 19 heavy (non-hydrogen) atoms. The van der Waals surface area contributed by atoms with E-state index in [1.54, 1.807) is 14.2 Å². The highest BCUT2D eigenvalue weighted by Crippen LogP contribution is 2.15. The minimum Gasteiger partial charge on any atom is -0.385 e. The first-order chi connectivity index (χ1) is 9.36. The molecule has 0 radical (unpaired) electrons. The van der Waals surface area contributed by atoms with E-state index < -0.39 is 0 Å². The Bertz CT molecular complexity index is 510. The summed E-state index contributed by atoms with van der Waals surface area (Å²) in [5.41, 5.74) is 1.93. The number of aromatic nitrogens is 3. The summed E-state index contributed by atoms with van der Waals surface area (Å²) in [4.78, 5) is 9.10. The molecule has 5 nitrogen and oxygen atoms in total. The largest absolute Gasteiger partial charge is 0.385 e. The standard InChI is InChI=1S/C14H21N3O2/c1-18-10-4-7-13-16-12-6-3-8-15-14(12)17(13)9-5-11-19-2/h3,6,8H,4-5,7,9-11H2,1-2H3. The number of fused-ring (bicyclic) bond motifs is 1. The Morgan fingerprint density at radius 3 is 2.74 bits per heavy atom. The summed E-state index contributed by atoms with van der Waals surface area (Å²) in [6.07, 6.45) is 4.67. The van der Waals surface area contributed by atoms with Crippen LogP contribution < -0.4 is 0 Å². The van der Waals surface area contributed by atoms with Gasteiger partial charge in [-0.25, -0.2) is 9.97 Å². The van der Waals surface area contributed by atoms with Crippen LogP contribution in [0.2, 0.25) is 0 Å². The molecule has 0 bridgehead atoms. The van der Waals surface area contributed by atoms with E-state index in [-0.39, 0.29) is 0 Å². The number of aryl methyl sites for hydroxylation is 2. The number of hydrogen-bond donors (Lipinski definition) is 0. The van der Waals surface area contributed by atoms with Gasteiger partial charge in [0, 0.05) is 46.6 Å². The monoisotopic (exact) mass is 263 g/mol. The second-order valence-electron chi connectivity index (χ2n) is 4.47. The molecular weight excluding hydrogens is 242 g/mol. The van der Waals surface area contributed by atoms with Crippen molar-refractivity contribution in [3.05, 3.63) is 24.2 Å². The minimum atomic E-state index is 0.754. The molecule has 0 N–H and O–H groups in total. The third kappa shape index (κ3) is 3.52. The van der Waals surface area contributed by atoms with Gasteiger partial charge in [0.05, 0.1) is 0 Å². The quantitative estimate of drug-likeness (QED) is 0.684. The lowest BCUT2D eigenvalue weighted by Crippen LogP contribution is -2.07. The van der Waals surface area contributed by atoms with E-state index in [2.05, 4.69) is 14.5 Å². The second kappa shape index (κ2) is 7.21. The number of hydrogen-bond acceptors (Lipinski definition) is 4. The third-order valence-corrected chi connectivity index (χ3v) is 3.06. The zero-order valence-electron chi connectivity index (χ0n) is 11.6. The summed E-state index contributed by atoms with van der Waals surface area (Å²) >= 11 is 0. The van der Waals surface area contributed by atoms with E-state index >= 15 is 0 Å². The van der Waals surface area contributed by atoms with Crippen LogP contribution in [0.4, 0.5) is 0 Å². The maximum absolute atomic E-state index is 5.12. The van der Waals surface area contributed by atoms with E-state index in [4.69, 9.17) is 9.47 Å². The zero-order valence-corrected chi connectivity index (χ0v) is 11.6. The first-order valence-corrected chi connectivity index (χ1v) is 6.65. The van der Waals surface area contributed by atoms with Gasteiger partial charge >= 0.3 is 0 Å². The molecule has 2 aromatic heterocycles. The molecular formula is C14H21N3O2. The van der Waals surface area contributed by atoms with Gasteiger partial charge in [-0.15, -0.1) is 0 Å². The van der Waals surface area contributed by atoms with Crippen molar-refractivity contribution in [2.45, 2.75) is 25.8 Å². The molecule has 0 aromatic carbocycles. The fourth-order valence-corrected chi connectivity index (χ4v) is 2.17. The molecule has 0 atom stereocenters. The van der Waals surface area contributed by atoms with Gasteiger partial charge in [-0.2, -0.15) is 0 Å². The van der Waals surface area contributed by atoms with E-state index in [1.807, 2.05) is 18.3 Å². The Kier molecular flexibility index (Phi) is 5.30. The smallest absolute Gasteiger partial charge is 0.159 e. The van der Waals surface area contributed by atoms with Gasteiger partial charge in [-0.05, 0) is 25.0 Å². The number of nitrogens with zero attached hydrogens (tertiary/aromatic N) is 3. The molecule has 0 saturated heterocycles. The van der Waals surface area contributed by atoms with Crippen molar-refractivity contribution >= 4 is 11.2 Å². The molecule has 0 unspecified atom stereocenters. The number of imidazole rings is 1. The lowest BCUT2D eigenvalue weighted by Gasteiger charge is -2.08. The maximum atomic E-state index is 5.12. The molecule has 0 aliphatic carbocycles. The van der Waals surface area contributed by atoms with Crippen LogP contribution in [-0.4, -0.2) is 42.0 Å². The number of ether oxygens (including phenoxy) is 2. The topological polar surface area (TPSA) is 49.2 Å². The highest BCUT2D eigenvalue weighted by molar-refractivity contribution is 5.71. The molecule has 2 aromatic rings. The van der Waals surface area contributed by atoms with Crippen LogP contribution in [0, 0.1) is 0 Å². The average Bonchev–Trinajstić information content (AvgIpc) is 2.78. The van der Waals surface area contributed by atoms with Crippen LogP contribution in [0.15, 0.2) is 18.3 Å². The van der Waals surface area contributed by atoms with Gasteiger partial charge in [0.1, 0.15) is 11.3 Å².